The highest BCUT2D eigenvalue weighted by molar-refractivity contribution is 5.81. The number of amides is 2. The van der Waals surface area contributed by atoms with E-state index in [1.165, 1.54) is 0 Å². The Hall–Kier alpha value is -1.86. The summed E-state index contributed by atoms with van der Waals surface area (Å²) in [6.45, 7) is 11.6. The van der Waals surface area contributed by atoms with E-state index >= 15 is 0 Å². The molecule has 1 fully saturated rings. The molecule has 1 aromatic heterocycles. The van der Waals surface area contributed by atoms with E-state index < -0.39 is 5.41 Å². The number of carbonyl (C=O) groups excluding carboxylic acids is 2. The molecule has 27 heavy (non-hydrogen) atoms. The lowest BCUT2D eigenvalue weighted by Crippen LogP contribution is -2.43. The summed E-state index contributed by atoms with van der Waals surface area (Å²) in [6.07, 6.45) is 1.01. The Labute approximate surface area is 161 Å². The van der Waals surface area contributed by atoms with Crippen LogP contribution in [0, 0.1) is 12.3 Å². The first kappa shape index (κ1) is 21.4. The molecule has 0 saturated carbocycles. The Bertz CT molecular complexity index is 615. The molecule has 1 atom stereocenters. The predicted molar refractivity (Wildman–Crippen MR) is 103 cm³/mol. The SMILES string of the molecule is Cc1ccc(C(CNC(=O)CCCNC(=O)C(C)(C)C)N2CCOCC2)o1. The van der Waals surface area contributed by atoms with Crippen molar-refractivity contribution in [2.75, 3.05) is 39.4 Å². The van der Waals surface area contributed by atoms with Gasteiger partial charge in [-0.05, 0) is 25.5 Å². The van der Waals surface area contributed by atoms with Gasteiger partial charge in [0.05, 0.1) is 19.3 Å². The first-order valence-electron chi connectivity index (χ1n) is 9.70. The van der Waals surface area contributed by atoms with E-state index in [9.17, 15) is 9.59 Å². The highest BCUT2D eigenvalue weighted by Gasteiger charge is 2.25. The normalized spacial score (nSPS) is 16.7. The molecule has 2 N–H and O–H groups in total. The number of furan rings is 1. The van der Waals surface area contributed by atoms with E-state index in [2.05, 4.69) is 15.5 Å². The summed E-state index contributed by atoms with van der Waals surface area (Å²) in [7, 11) is 0. The molecule has 0 bridgehead atoms. The van der Waals surface area contributed by atoms with Crippen molar-refractivity contribution >= 4 is 11.8 Å². The van der Waals surface area contributed by atoms with Gasteiger partial charge >= 0.3 is 0 Å². The van der Waals surface area contributed by atoms with Crippen LogP contribution in [0.3, 0.4) is 0 Å². The molecule has 0 aliphatic carbocycles. The molecule has 0 radical (unpaired) electrons. The van der Waals surface area contributed by atoms with Crippen molar-refractivity contribution in [1.29, 1.82) is 0 Å². The van der Waals surface area contributed by atoms with Gasteiger partial charge in [-0.25, -0.2) is 0 Å². The van der Waals surface area contributed by atoms with Crippen LogP contribution in [-0.2, 0) is 14.3 Å². The number of nitrogens with one attached hydrogen (secondary N) is 2. The van der Waals surface area contributed by atoms with Gasteiger partial charge in [-0.3, -0.25) is 14.5 Å². The monoisotopic (exact) mass is 379 g/mol. The predicted octanol–water partition coefficient (Wildman–Crippen LogP) is 2.02. The summed E-state index contributed by atoms with van der Waals surface area (Å²) in [4.78, 5) is 26.3. The van der Waals surface area contributed by atoms with Crippen LogP contribution in [-0.4, -0.2) is 56.1 Å². The lowest BCUT2D eigenvalue weighted by atomic mass is 9.96. The highest BCUT2D eigenvalue weighted by Crippen LogP contribution is 2.23. The second-order valence-corrected chi connectivity index (χ2v) is 8.03. The van der Waals surface area contributed by atoms with Crippen LogP contribution in [0.5, 0.6) is 0 Å². The fourth-order valence-electron chi connectivity index (χ4n) is 2.95. The second kappa shape index (κ2) is 9.90. The molecule has 0 spiro atoms. The molecule has 2 rings (SSSR count). The Morgan fingerprint density at radius 2 is 1.89 bits per heavy atom. The van der Waals surface area contributed by atoms with E-state index in [1.807, 2.05) is 39.8 Å². The van der Waals surface area contributed by atoms with Gasteiger partial charge in [-0.2, -0.15) is 0 Å². The minimum atomic E-state index is -0.408. The number of morpholine rings is 1. The fourth-order valence-corrected chi connectivity index (χ4v) is 2.95. The molecule has 1 unspecified atom stereocenters. The zero-order valence-corrected chi connectivity index (χ0v) is 17.0. The van der Waals surface area contributed by atoms with Gasteiger partial charge in [0.2, 0.25) is 11.8 Å². The summed E-state index contributed by atoms with van der Waals surface area (Å²) in [5.74, 6) is 1.72. The number of aryl methyl sites for hydroxylation is 1. The molecule has 1 saturated heterocycles. The lowest BCUT2D eigenvalue weighted by Gasteiger charge is -2.33. The smallest absolute Gasteiger partial charge is 0.225 e. The van der Waals surface area contributed by atoms with E-state index in [1.54, 1.807) is 0 Å². The quantitative estimate of drug-likeness (QED) is 0.675. The van der Waals surface area contributed by atoms with Crippen LogP contribution in [0.15, 0.2) is 16.5 Å². The van der Waals surface area contributed by atoms with Crippen LogP contribution >= 0.6 is 0 Å². The molecular weight excluding hydrogens is 346 g/mol. The Morgan fingerprint density at radius 3 is 2.48 bits per heavy atom. The van der Waals surface area contributed by atoms with E-state index in [4.69, 9.17) is 9.15 Å². The van der Waals surface area contributed by atoms with Crippen LogP contribution in [0.1, 0.15) is 51.2 Å². The molecule has 1 aliphatic rings. The largest absolute Gasteiger partial charge is 0.465 e. The molecule has 1 aromatic rings. The third kappa shape index (κ3) is 6.99. The van der Waals surface area contributed by atoms with Crippen molar-refractivity contribution in [3.63, 3.8) is 0 Å². The number of hydrogen-bond donors (Lipinski definition) is 2. The number of rotatable bonds is 8. The van der Waals surface area contributed by atoms with Crippen molar-refractivity contribution in [2.24, 2.45) is 5.41 Å². The number of ether oxygens (including phenoxy) is 1. The molecule has 7 nitrogen and oxygen atoms in total. The van der Waals surface area contributed by atoms with Gasteiger partial charge in [0.15, 0.2) is 0 Å². The molecule has 0 aromatic carbocycles. The van der Waals surface area contributed by atoms with Gasteiger partial charge in [0.25, 0.3) is 0 Å². The van der Waals surface area contributed by atoms with Gasteiger partial charge in [0.1, 0.15) is 11.5 Å². The Kier molecular flexibility index (Phi) is 7.86. The molecular formula is C20H33N3O4. The highest BCUT2D eigenvalue weighted by atomic mass is 16.5. The summed E-state index contributed by atoms with van der Waals surface area (Å²) in [5.41, 5.74) is -0.408. The van der Waals surface area contributed by atoms with E-state index in [-0.39, 0.29) is 17.9 Å². The third-order valence-corrected chi connectivity index (χ3v) is 4.62. The second-order valence-electron chi connectivity index (χ2n) is 8.03. The number of carbonyl (C=O) groups is 2. The van der Waals surface area contributed by atoms with Crippen LogP contribution < -0.4 is 10.6 Å². The standard InChI is InChI=1S/C20H33N3O4/c1-15-7-8-17(27-15)16(23-10-12-26-13-11-23)14-22-18(24)6-5-9-21-19(25)20(2,3)4/h7-8,16H,5-6,9-14H2,1-4H3,(H,21,25)(H,22,24). The van der Waals surface area contributed by atoms with Crippen molar-refractivity contribution in [3.8, 4) is 0 Å². The molecule has 152 valence electrons. The summed E-state index contributed by atoms with van der Waals surface area (Å²) < 4.78 is 11.2. The molecule has 1 aliphatic heterocycles. The molecule has 2 amide bonds. The Morgan fingerprint density at radius 1 is 1.19 bits per heavy atom. The minimum absolute atomic E-state index is 0.00322. The number of hydrogen-bond acceptors (Lipinski definition) is 5. The lowest BCUT2D eigenvalue weighted by molar-refractivity contribution is -0.128. The van der Waals surface area contributed by atoms with Crippen LogP contribution in [0.2, 0.25) is 0 Å². The fraction of sp³-hybridized carbons (Fsp3) is 0.700. The van der Waals surface area contributed by atoms with E-state index in [0.717, 1.165) is 24.6 Å². The first-order chi connectivity index (χ1) is 12.8. The summed E-state index contributed by atoms with van der Waals surface area (Å²) >= 11 is 0. The van der Waals surface area contributed by atoms with Crippen LogP contribution in [0.25, 0.3) is 0 Å². The zero-order valence-electron chi connectivity index (χ0n) is 17.0. The van der Waals surface area contributed by atoms with Gasteiger partial charge < -0.3 is 19.8 Å². The number of nitrogens with zero attached hydrogens (tertiary/aromatic N) is 1. The van der Waals surface area contributed by atoms with Crippen LogP contribution in [0.4, 0.5) is 0 Å². The Balaban J connectivity index is 1.78. The zero-order chi connectivity index (χ0) is 19.9. The van der Waals surface area contributed by atoms with Gasteiger partial charge in [-0.1, -0.05) is 20.8 Å². The third-order valence-electron chi connectivity index (χ3n) is 4.62. The maximum Gasteiger partial charge on any atom is 0.225 e. The molecule has 2 heterocycles. The van der Waals surface area contributed by atoms with Crippen molar-refractivity contribution < 1.29 is 18.7 Å². The molecule has 7 heteroatoms. The summed E-state index contributed by atoms with van der Waals surface area (Å²) in [6, 6.07) is 3.93. The average molecular weight is 380 g/mol. The van der Waals surface area contributed by atoms with Crippen molar-refractivity contribution in [3.05, 3.63) is 23.7 Å². The van der Waals surface area contributed by atoms with E-state index in [0.29, 0.717) is 39.1 Å². The van der Waals surface area contributed by atoms with Gasteiger partial charge in [-0.15, -0.1) is 0 Å². The average Bonchev–Trinajstić information content (AvgIpc) is 3.05. The minimum Gasteiger partial charge on any atom is -0.465 e. The van der Waals surface area contributed by atoms with Crippen molar-refractivity contribution in [1.82, 2.24) is 15.5 Å². The first-order valence-corrected chi connectivity index (χ1v) is 9.70. The maximum absolute atomic E-state index is 12.2. The maximum atomic E-state index is 12.2. The van der Waals surface area contributed by atoms with Crippen molar-refractivity contribution in [2.45, 2.75) is 46.6 Å². The topological polar surface area (TPSA) is 83.8 Å². The summed E-state index contributed by atoms with van der Waals surface area (Å²) in [5, 5.41) is 5.88. The van der Waals surface area contributed by atoms with Gasteiger partial charge in [0, 0.05) is 38.0 Å².